The lowest BCUT2D eigenvalue weighted by Gasteiger charge is -2.09. The largest absolute Gasteiger partial charge is 0.491 e. The van der Waals surface area contributed by atoms with Gasteiger partial charge < -0.3 is 10.5 Å². The molecule has 0 saturated heterocycles. The lowest BCUT2D eigenvalue weighted by Crippen LogP contribution is -2.05. The number of aromatic nitrogens is 2. The van der Waals surface area contributed by atoms with Crippen LogP contribution in [-0.4, -0.2) is 15.5 Å². The maximum Gasteiger partial charge on any atom is 0.139 e. The number of ether oxygens (including phenoxy) is 1. The average Bonchev–Trinajstić information content (AvgIpc) is 2.77. The normalized spacial score (nSPS) is 11.2. The number of anilines is 1. The van der Waals surface area contributed by atoms with E-state index in [-0.39, 0.29) is 6.10 Å². The van der Waals surface area contributed by atoms with Gasteiger partial charge in [-0.15, -0.1) is 0 Å². The lowest BCUT2D eigenvalue weighted by atomic mass is 10.1. The molecular formula is C16H17N3O. The molecule has 0 fully saturated rings. The molecule has 0 bridgehead atoms. The molecule has 4 heteroatoms. The van der Waals surface area contributed by atoms with Crippen LogP contribution in [0.5, 0.6) is 5.75 Å². The summed E-state index contributed by atoms with van der Waals surface area (Å²) in [5.74, 6) is 1.50. The molecule has 0 amide bonds. The van der Waals surface area contributed by atoms with Gasteiger partial charge in [-0.05, 0) is 50.2 Å². The van der Waals surface area contributed by atoms with Crippen LogP contribution in [0.1, 0.15) is 13.8 Å². The Labute approximate surface area is 117 Å². The minimum atomic E-state index is 0.168. The summed E-state index contributed by atoms with van der Waals surface area (Å²) in [7, 11) is 0. The zero-order valence-electron chi connectivity index (χ0n) is 11.6. The molecule has 2 N–H and O–H groups in total. The van der Waals surface area contributed by atoms with E-state index < -0.39 is 0 Å². The van der Waals surface area contributed by atoms with Crippen molar-refractivity contribution in [3.63, 3.8) is 0 Å². The zero-order chi connectivity index (χ0) is 14.1. The van der Waals surface area contributed by atoms with Crippen molar-refractivity contribution >= 4 is 11.5 Å². The van der Waals surface area contributed by atoms with Crippen LogP contribution < -0.4 is 10.5 Å². The number of fused-ring (bicyclic) bond motifs is 1. The van der Waals surface area contributed by atoms with Crippen molar-refractivity contribution in [1.82, 2.24) is 9.38 Å². The smallest absolute Gasteiger partial charge is 0.139 e. The molecule has 1 aromatic carbocycles. The molecule has 0 saturated carbocycles. The standard InChI is InChI=1S/C16H17N3O/c1-11(2)20-13-8-6-12(7-9-13)15-16(17)19-10-4-3-5-14(19)18-15/h3-11H,17H2,1-2H3. The van der Waals surface area contributed by atoms with Gasteiger partial charge in [-0.1, -0.05) is 6.07 Å². The van der Waals surface area contributed by atoms with Crippen LogP contribution >= 0.6 is 0 Å². The summed E-state index contributed by atoms with van der Waals surface area (Å²) in [4.78, 5) is 4.57. The number of nitrogens with two attached hydrogens (primary N) is 1. The summed E-state index contributed by atoms with van der Waals surface area (Å²) in [6, 6.07) is 13.7. The van der Waals surface area contributed by atoms with Crippen molar-refractivity contribution in [2.75, 3.05) is 5.73 Å². The van der Waals surface area contributed by atoms with Crippen molar-refractivity contribution in [2.45, 2.75) is 20.0 Å². The van der Waals surface area contributed by atoms with Gasteiger partial charge in [-0.25, -0.2) is 4.98 Å². The van der Waals surface area contributed by atoms with Crippen molar-refractivity contribution < 1.29 is 4.74 Å². The fourth-order valence-electron chi connectivity index (χ4n) is 2.19. The monoisotopic (exact) mass is 267 g/mol. The summed E-state index contributed by atoms with van der Waals surface area (Å²) >= 11 is 0. The second-order valence-corrected chi connectivity index (χ2v) is 4.97. The van der Waals surface area contributed by atoms with Gasteiger partial charge in [0.25, 0.3) is 0 Å². The van der Waals surface area contributed by atoms with Crippen LogP contribution in [0.25, 0.3) is 16.9 Å². The van der Waals surface area contributed by atoms with Crippen LogP contribution in [0.2, 0.25) is 0 Å². The number of hydrogen-bond donors (Lipinski definition) is 1. The van der Waals surface area contributed by atoms with E-state index in [0.29, 0.717) is 5.82 Å². The third kappa shape index (κ3) is 2.20. The van der Waals surface area contributed by atoms with E-state index in [9.17, 15) is 0 Å². The molecular weight excluding hydrogens is 250 g/mol. The fourth-order valence-corrected chi connectivity index (χ4v) is 2.19. The number of pyridine rings is 1. The Morgan fingerprint density at radius 1 is 1.10 bits per heavy atom. The van der Waals surface area contributed by atoms with Gasteiger partial charge in [0, 0.05) is 11.8 Å². The minimum absolute atomic E-state index is 0.168. The molecule has 0 spiro atoms. The minimum Gasteiger partial charge on any atom is -0.491 e. The van der Waals surface area contributed by atoms with E-state index in [2.05, 4.69) is 4.98 Å². The van der Waals surface area contributed by atoms with Gasteiger partial charge >= 0.3 is 0 Å². The highest BCUT2D eigenvalue weighted by atomic mass is 16.5. The van der Waals surface area contributed by atoms with Crippen molar-refractivity contribution in [3.05, 3.63) is 48.7 Å². The summed E-state index contributed by atoms with van der Waals surface area (Å²) in [6.07, 6.45) is 2.08. The highest BCUT2D eigenvalue weighted by molar-refractivity contribution is 5.75. The molecule has 20 heavy (non-hydrogen) atoms. The lowest BCUT2D eigenvalue weighted by molar-refractivity contribution is 0.242. The van der Waals surface area contributed by atoms with Gasteiger partial charge in [0.15, 0.2) is 0 Å². The van der Waals surface area contributed by atoms with E-state index >= 15 is 0 Å². The van der Waals surface area contributed by atoms with Crippen LogP contribution in [0.4, 0.5) is 5.82 Å². The SMILES string of the molecule is CC(C)Oc1ccc(-c2nc3ccccn3c2N)cc1. The van der Waals surface area contributed by atoms with E-state index in [0.717, 1.165) is 22.7 Å². The Kier molecular flexibility index (Phi) is 3.06. The average molecular weight is 267 g/mol. The molecule has 2 heterocycles. The van der Waals surface area contributed by atoms with E-state index in [1.165, 1.54) is 0 Å². The van der Waals surface area contributed by atoms with Crippen molar-refractivity contribution in [2.24, 2.45) is 0 Å². The number of rotatable bonds is 3. The van der Waals surface area contributed by atoms with Crippen LogP contribution in [0.15, 0.2) is 48.7 Å². The van der Waals surface area contributed by atoms with Gasteiger partial charge in [0.05, 0.1) is 6.10 Å². The first-order valence-electron chi connectivity index (χ1n) is 6.65. The zero-order valence-corrected chi connectivity index (χ0v) is 11.6. The van der Waals surface area contributed by atoms with Gasteiger partial charge in [-0.3, -0.25) is 4.40 Å². The highest BCUT2D eigenvalue weighted by Crippen LogP contribution is 2.27. The summed E-state index contributed by atoms with van der Waals surface area (Å²) in [6.45, 7) is 4.02. The Hall–Kier alpha value is -2.49. The Balaban J connectivity index is 2.00. The summed E-state index contributed by atoms with van der Waals surface area (Å²) in [5.41, 5.74) is 8.80. The maximum absolute atomic E-state index is 6.16. The number of nitrogen functional groups attached to an aromatic ring is 1. The first-order valence-corrected chi connectivity index (χ1v) is 6.65. The molecule has 0 radical (unpaired) electrons. The Bertz CT molecular complexity index is 729. The van der Waals surface area contributed by atoms with E-state index in [1.807, 2.05) is 66.9 Å². The molecule has 3 rings (SSSR count). The molecule has 0 unspecified atom stereocenters. The molecule has 102 valence electrons. The van der Waals surface area contributed by atoms with Crippen molar-refractivity contribution in [1.29, 1.82) is 0 Å². The molecule has 0 atom stereocenters. The van der Waals surface area contributed by atoms with Gasteiger partial charge in [0.1, 0.15) is 22.9 Å². The molecule has 0 aliphatic carbocycles. The molecule has 4 nitrogen and oxygen atoms in total. The number of nitrogens with zero attached hydrogens (tertiary/aromatic N) is 2. The highest BCUT2D eigenvalue weighted by Gasteiger charge is 2.10. The van der Waals surface area contributed by atoms with Gasteiger partial charge in [0.2, 0.25) is 0 Å². The second kappa shape index (κ2) is 4.89. The van der Waals surface area contributed by atoms with Crippen molar-refractivity contribution in [3.8, 4) is 17.0 Å². The van der Waals surface area contributed by atoms with E-state index in [1.54, 1.807) is 0 Å². The first kappa shape index (κ1) is 12.5. The second-order valence-electron chi connectivity index (χ2n) is 4.97. The first-order chi connectivity index (χ1) is 9.65. The van der Waals surface area contributed by atoms with Crippen LogP contribution in [-0.2, 0) is 0 Å². The predicted octanol–water partition coefficient (Wildman–Crippen LogP) is 3.37. The van der Waals surface area contributed by atoms with Crippen LogP contribution in [0, 0.1) is 0 Å². The van der Waals surface area contributed by atoms with Gasteiger partial charge in [-0.2, -0.15) is 0 Å². The van der Waals surface area contributed by atoms with E-state index in [4.69, 9.17) is 10.5 Å². The molecule has 0 aliphatic heterocycles. The number of benzene rings is 1. The topological polar surface area (TPSA) is 52.5 Å². The third-order valence-electron chi connectivity index (χ3n) is 3.07. The molecule has 0 aliphatic rings. The molecule has 3 aromatic rings. The quantitative estimate of drug-likeness (QED) is 0.791. The summed E-state index contributed by atoms with van der Waals surface area (Å²) < 4.78 is 7.52. The summed E-state index contributed by atoms with van der Waals surface area (Å²) in [5, 5.41) is 0. The predicted molar refractivity (Wildman–Crippen MR) is 80.8 cm³/mol. The Morgan fingerprint density at radius 2 is 1.85 bits per heavy atom. The number of imidazole rings is 1. The Morgan fingerprint density at radius 3 is 2.50 bits per heavy atom. The fraction of sp³-hybridized carbons (Fsp3) is 0.188. The van der Waals surface area contributed by atoms with Crippen LogP contribution in [0.3, 0.4) is 0 Å². The number of hydrogen-bond acceptors (Lipinski definition) is 3. The molecule has 2 aromatic heterocycles. The maximum atomic E-state index is 6.16. The third-order valence-corrected chi connectivity index (χ3v) is 3.07.